The molecular weight excluding hydrogens is 638 g/mol. The topological polar surface area (TPSA) is 97.3 Å². The Labute approximate surface area is 248 Å². The van der Waals surface area contributed by atoms with Crippen molar-refractivity contribution in [3.05, 3.63) is 68.4 Å². The summed E-state index contributed by atoms with van der Waals surface area (Å²) < 4.78 is 99.1. The molecular formula is C26H20Cl2F7N3O5. The highest BCUT2D eigenvalue weighted by Gasteiger charge is 2.62. The SMILES string of the molecule is Cc1cc(C2=NOC(c3cc(Cl)c(F)c(Cl)c3)(C(F)(F)F)C2)ccc1C(=O)N(C)C(=O)OC1(C(=O)NCC(F)(F)F)CC1. The molecule has 2 aromatic rings. The van der Waals surface area contributed by atoms with Crippen molar-refractivity contribution < 1.29 is 54.7 Å². The Morgan fingerprint density at radius 3 is 2.19 bits per heavy atom. The summed E-state index contributed by atoms with van der Waals surface area (Å²) in [5.74, 6) is -3.19. The lowest BCUT2D eigenvalue weighted by Crippen LogP contribution is -2.46. The van der Waals surface area contributed by atoms with E-state index in [1.165, 1.54) is 25.1 Å². The van der Waals surface area contributed by atoms with Crippen LogP contribution in [-0.2, 0) is 20.0 Å². The summed E-state index contributed by atoms with van der Waals surface area (Å²) in [5.41, 5.74) is -5.38. The summed E-state index contributed by atoms with van der Waals surface area (Å²) in [7, 11) is 1.02. The van der Waals surface area contributed by atoms with E-state index < -0.39 is 75.9 Å². The van der Waals surface area contributed by atoms with Gasteiger partial charge in [0.25, 0.3) is 17.4 Å². The minimum atomic E-state index is -5.04. The molecule has 0 radical (unpaired) electrons. The summed E-state index contributed by atoms with van der Waals surface area (Å²) in [6.07, 6.45) is -12.0. The van der Waals surface area contributed by atoms with E-state index in [-0.39, 0.29) is 35.2 Å². The van der Waals surface area contributed by atoms with Crippen molar-refractivity contribution in [2.75, 3.05) is 13.6 Å². The molecule has 2 aromatic carbocycles. The van der Waals surface area contributed by atoms with Gasteiger partial charge in [0.1, 0.15) is 6.54 Å². The Hall–Kier alpha value is -3.59. The molecule has 0 bridgehead atoms. The maximum atomic E-state index is 14.3. The van der Waals surface area contributed by atoms with Gasteiger partial charge in [-0.1, -0.05) is 34.4 Å². The molecule has 1 N–H and O–H groups in total. The highest BCUT2D eigenvalue weighted by atomic mass is 35.5. The number of carbonyl (C=O) groups excluding carboxylic acids is 3. The Kier molecular flexibility index (Phi) is 8.39. The van der Waals surface area contributed by atoms with Gasteiger partial charge in [0.15, 0.2) is 11.4 Å². The molecule has 17 heteroatoms. The third kappa shape index (κ3) is 6.37. The zero-order chi connectivity index (χ0) is 32.1. The lowest BCUT2D eigenvalue weighted by Gasteiger charge is -2.29. The van der Waals surface area contributed by atoms with Gasteiger partial charge in [-0.3, -0.25) is 9.59 Å². The number of carbonyl (C=O) groups is 3. The summed E-state index contributed by atoms with van der Waals surface area (Å²) in [4.78, 5) is 43.1. The molecule has 232 valence electrons. The summed E-state index contributed by atoms with van der Waals surface area (Å²) in [6, 6.07) is 5.26. The molecule has 1 atom stereocenters. The molecule has 1 aliphatic carbocycles. The smallest absolute Gasteiger partial charge is 0.432 e. The highest BCUT2D eigenvalue weighted by Crippen LogP contribution is 2.50. The Balaban J connectivity index is 1.49. The van der Waals surface area contributed by atoms with Crippen molar-refractivity contribution in [3.63, 3.8) is 0 Å². The minimum Gasteiger partial charge on any atom is -0.432 e. The van der Waals surface area contributed by atoms with Crippen LogP contribution in [0.5, 0.6) is 0 Å². The molecule has 3 amide bonds. The average Bonchev–Trinajstić information content (AvgIpc) is 3.54. The van der Waals surface area contributed by atoms with Gasteiger partial charge in [0.2, 0.25) is 0 Å². The number of aryl methyl sites for hydroxylation is 1. The molecule has 0 spiro atoms. The molecule has 2 aliphatic rings. The van der Waals surface area contributed by atoms with Crippen LogP contribution in [0.25, 0.3) is 0 Å². The number of nitrogens with one attached hydrogen (secondary N) is 1. The van der Waals surface area contributed by atoms with E-state index >= 15 is 0 Å². The largest absolute Gasteiger partial charge is 0.435 e. The lowest BCUT2D eigenvalue weighted by molar-refractivity contribution is -0.275. The van der Waals surface area contributed by atoms with Gasteiger partial charge in [-0.25, -0.2) is 14.1 Å². The van der Waals surface area contributed by atoms with Gasteiger partial charge >= 0.3 is 18.4 Å². The van der Waals surface area contributed by atoms with Crippen molar-refractivity contribution in [2.45, 2.75) is 49.7 Å². The van der Waals surface area contributed by atoms with E-state index in [9.17, 15) is 45.1 Å². The Morgan fingerprint density at radius 2 is 1.67 bits per heavy atom. The van der Waals surface area contributed by atoms with Crippen LogP contribution in [0.3, 0.4) is 0 Å². The van der Waals surface area contributed by atoms with E-state index in [0.717, 1.165) is 19.2 Å². The maximum Gasteiger partial charge on any atom is 0.435 e. The second kappa shape index (κ2) is 11.2. The third-order valence-electron chi connectivity index (χ3n) is 6.85. The second-order valence-electron chi connectivity index (χ2n) is 9.94. The number of hydrogen-bond donors (Lipinski definition) is 1. The molecule has 43 heavy (non-hydrogen) atoms. The Morgan fingerprint density at radius 1 is 1.07 bits per heavy atom. The van der Waals surface area contributed by atoms with Gasteiger partial charge in [0, 0.05) is 37.4 Å². The second-order valence-corrected chi connectivity index (χ2v) is 10.8. The zero-order valence-corrected chi connectivity index (χ0v) is 23.6. The molecule has 1 unspecified atom stereocenters. The van der Waals surface area contributed by atoms with Gasteiger partial charge in [-0.05, 0) is 42.3 Å². The van der Waals surface area contributed by atoms with E-state index in [0.29, 0.717) is 4.90 Å². The number of benzene rings is 2. The fraction of sp³-hybridized carbons (Fsp3) is 0.385. The van der Waals surface area contributed by atoms with Crippen molar-refractivity contribution in [1.29, 1.82) is 0 Å². The molecule has 0 saturated heterocycles. The fourth-order valence-corrected chi connectivity index (χ4v) is 4.75. The summed E-state index contributed by atoms with van der Waals surface area (Å²) >= 11 is 11.4. The highest BCUT2D eigenvalue weighted by molar-refractivity contribution is 6.35. The molecule has 1 fully saturated rings. The van der Waals surface area contributed by atoms with E-state index in [2.05, 4.69) is 5.16 Å². The van der Waals surface area contributed by atoms with Crippen LogP contribution >= 0.6 is 23.2 Å². The van der Waals surface area contributed by atoms with Crippen LogP contribution in [-0.4, -0.2) is 60.1 Å². The van der Waals surface area contributed by atoms with Crippen LogP contribution in [0.15, 0.2) is 35.5 Å². The zero-order valence-electron chi connectivity index (χ0n) is 22.1. The van der Waals surface area contributed by atoms with Gasteiger partial charge < -0.3 is 14.9 Å². The first kappa shape index (κ1) is 32.3. The number of nitrogens with zero attached hydrogens (tertiary/aromatic N) is 2. The first-order chi connectivity index (χ1) is 19.8. The Bertz CT molecular complexity index is 1500. The van der Waals surface area contributed by atoms with Crippen LogP contribution in [0, 0.1) is 12.7 Å². The monoisotopic (exact) mass is 657 g/mol. The normalized spacial score (nSPS) is 19.3. The molecule has 0 aromatic heterocycles. The van der Waals surface area contributed by atoms with Crippen LogP contribution in [0.2, 0.25) is 10.0 Å². The molecule has 1 aliphatic heterocycles. The van der Waals surface area contributed by atoms with Crippen LogP contribution in [0.4, 0.5) is 35.5 Å². The van der Waals surface area contributed by atoms with Gasteiger partial charge in [-0.15, -0.1) is 0 Å². The summed E-state index contributed by atoms with van der Waals surface area (Å²) in [6.45, 7) is -0.201. The third-order valence-corrected chi connectivity index (χ3v) is 7.40. The summed E-state index contributed by atoms with van der Waals surface area (Å²) in [5, 5.41) is 3.93. The van der Waals surface area contributed by atoms with E-state index in [1.54, 1.807) is 5.32 Å². The van der Waals surface area contributed by atoms with Crippen LogP contribution in [0.1, 0.15) is 46.3 Å². The number of alkyl halides is 6. The number of ether oxygens (including phenoxy) is 1. The average molecular weight is 658 g/mol. The van der Waals surface area contributed by atoms with Crippen LogP contribution < -0.4 is 5.32 Å². The molecule has 1 saturated carbocycles. The predicted molar refractivity (Wildman–Crippen MR) is 137 cm³/mol. The molecule has 8 nitrogen and oxygen atoms in total. The number of hydrogen-bond acceptors (Lipinski definition) is 6. The fourth-order valence-electron chi connectivity index (χ4n) is 4.26. The quantitative estimate of drug-likeness (QED) is 0.285. The van der Waals surface area contributed by atoms with E-state index in [4.69, 9.17) is 32.8 Å². The predicted octanol–water partition coefficient (Wildman–Crippen LogP) is 6.44. The number of imide groups is 1. The lowest BCUT2D eigenvalue weighted by atomic mass is 9.86. The van der Waals surface area contributed by atoms with Crippen molar-refractivity contribution >= 4 is 46.8 Å². The maximum absolute atomic E-state index is 14.3. The van der Waals surface area contributed by atoms with Crippen molar-refractivity contribution in [2.24, 2.45) is 5.16 Å². The number of oxime groups is 1. The van der Waals surface area contributed by atoms with Gasteiger partial charge in [0.05, 0.1) is 15.8 Å². The molecule has 1 heterocycles. The number of amides is 3. The first-order valence-corrected chi connectivity index (χ1v) is 13.0. The molecule has 4 rings (SSSR count). The number of rotatable bonds is 6. The number of halogens is 9. The first-order valence-electron chi connectivity index (χ1n) is 12.2. The standard InChI is InChI=1S/C26H20Cl2F7N3O5/c1-12-7-13(18-10-24(43-37-18,26(33,34)35)14-8-16(27)19(29)17(28)9-14)3-4-15(12)20(39)38(2)22(41)42-23(5-6-23)21(40)36-11-25(30,31)32/h3-4,7-9H,5-6,10-11H2,1-2H3,(H,36,40). The minimum absolute atomic E-state index is 0.0435. The van der Waals surface area contributed by atoms with Gasteiger partial charge in [-0.2, -0.15) is 26.3 Å². The van der Waals surface area contributed by atoms with Crippen molar-refractivity contribution in [3.8, 4) is 0 Å². The van der Waals surface area contributed by atoms with Crippen molar-refractivity contribution in [1.82, 2.24) is 10.2 Å². The van der Waals surface area contributed by atoms with E-state index in [1.807, 2.05) is 0 Å².